The molecule has 0 bridgehead atoms. The van der Waals surface area contributed by atoms with Gasteiger partial charge in [0.15, 0.2) is 0 Å². The highest BCUT2D eigenvalue weighted by atomic mass is 35.5. The number of carbonyl (C=O) groups is 1. The summed E-state index contributed by atoms with van der Waals surface area (Å²) in [7, 11) is 0. The molecule has 0 spiro atoms. The number of pyridine rings is 1. The summed E-state index contributed by atoms with van der Waals surface area (Å²) in [5.74, 6) is 0.486. The number of piperazine rings is 1. The molecule has 3 aromatic rings. The van der Waals surface area contributed by atoms with Crippen LogP contribution in [0.2, 0.25) is 20.1 Å². The highest BCUT2D eigenvalue weighted by Gasteiger charge is 2.32. The second-order valence-corrected chi connectivity index (χ2v) is 12.3. The van der Waals surface area contributed by atoms with Crippen LogP contribution in [-0.2, 0) is 13.1 Å². The lowest BCUT2D eigenvalue weighted by Crippen LogP contribution is -2.57. The van der Waals surface area contributed by atoms with Crippen LogP contribution in [-0.4, -0.2) is 65.5 Å². The Morgan fingerprint density at radius 2 is 1.65 bits per heavy atom. The van der Waals surface area contributed by atoms with E-state index in [1.54, 1.807) is 24.4 Å². The van der Waals surface area contributed by atoms with Crippen LogP contribution in [0.5, 0.6) is 0 Å². The molecule has 2 fully saturated rings. The zero-order valence-corrected chi connectivity index (χ0v) is 25.4. The van der Waals surface area contributed by atoms with E-state index < -0.39 is 0 Å². The summed E-state index contributed by atoms with van der Waals surface area (Å²) in [6.07, 6.45) is 3.94. The lowest BCUT2D eigenvalue weighted by atomic mass is 9.99. The van der Waals surface area contributed by atoms with Crippen molar-refractivity contribution in [3.05, 3.63) is 91.5 Å². The van der Waals surface area contributed by atoms with E-state index in [9.17, 15) is 4.79 Å². The van der Waals surface area contributed by atoms with Gasteiger partial charge < -0.3 is 10.2 Å². The molecule has 3 heterocycles. The third-order valence-corrected chi connectivity index (χ3v) is 9.11. The van der Waals surface area contributed by atoms with Gasteiger partial charge >= 0.3 is 0 Å². The third-order valence-electron chi connectivity index (χ3n) is 7.85. The van der Waals surface area contributed by atoms with Gasteiger partial charge in [-0.2, -0.15) is 0 Å². The smallest absolute Gasteiger partial charge is 0.253 e. The molecule has 10 heteroatoms. The zero-order valence-electron chi connectivity index (χ0n) is 22.4. The van der Waals surface area contributed by atoms with Gasteiger partial charge in [-0.15, -0.1) is 0 Å². The van der Waals surface area contributed by atoms with E-state index in [0.717, 1.165) is 55.7 Å². The molecular formula is C30H35Cl4N5O. The molecule has 1 atom stereocenters. The van der Waals surface area contributed by atoms with Gasteiger partial charge in [0.2, 0.25) is 0 Å². The fourth-order valence-electron chi connectivity index (χ4n) is 5.69. The maximum absolute atomic E-state index is 12.7. The van der Waals surface area contributed by atoms with E-state index in [-0.39, 0.29) is 7.33 Å². The number of hydrogen-bond acceptors (Lipinski definition) is 5. The first-order valence-electron chi connectivity index (χ1n) is 13.6. The number of halogens is 4. The van der Waals surface area contributed by atoms with E-state index in [2.05, 4.69) is 44.1 Å². The summed E-state index contributed by atoms with van der Waals surface area (Å²) in [6, 6.07) is 16.1. The summed E-state index contributed by atoms with van der Waals surface area (Å²) in [4.78, 5) is 24.7. The highest BCUT2D eigenvalue weighted by molar-refractivity contribution is 6.42. The van der Waals surface area contributed by atoms with Gasteiger partial charge in [-0.3, -0.25) is 14.6 Å². The Kier molecular flexibility index (Phi) is 9.77. The topological polar surface area (TPSA) is 51.7 Å². The molecule has 5 rings (SSSR count). The standard InChI is InChI=1S/C30H33Cl4N5O.H2/c1-20-18-38(12-13-39(20)25-8-10-37(11-9-25)19-21-2-5-24(31)6-3-21)29-28(34)15-23(17-35-29)30(40)36-16-22-4-7-26(32)27(33)14-22;/h2-7,14-15,17,20,25H,8-13,16,18-19H2,1H3,(H,36,40);1H. The molecule has 6 nitrogen and oxygen atoms in total. The van der Waals surface area contributed by atoms with Gasteiger partial charge in [0, 0.05) is 57.5 Å². The number of benzene rings is 2. The Bertz CT molecular complexity index is 1340. The fourth-order valence-corrected chi connectivity index (χ4v) is 6.42. The Morgan fingerprint density at radius 3 is 2.33 bits per heavy atom. The van der Waals surface area contributed by atoms with Gasteiger partial charge in [0.25, 0.3) is 5.91 Å². The average Bonchev–Trinajstić information content (AvgIpc) is 2.95. The first kappa shape index (κ1) is 29.4. The van der Waals surface area contributed by atoms with Crippen LogP contribution < -0.4 is 10.2 Å². The molecule has 2 saturated heterocycles. The first-order valence-corrected chi connectivity index (χ1v) is 15.1. The molecule has 0 radical (unpaired) electrons. The Hall–Kier alpha value is -2.06. The van der Waals surface area contributed by atoms with E-state index >= 15 is 0 Å². The largest absolute Gasteiger partial charge is 0.353 e. The van der Waals surface area contributed by atoms with Gasteiger partial charge in [-0.1, -0.05) is 64.6 Å². The van der Waals surface area contributed by atoms with Crippen LogP contribution in [0.15, 0.2) is 54.7 Å². The molecule has 1 aromatic heterocycles. The molecule has 1 unspecified atom stereocenters. The van der Waals surface area contributed by atoms with E-state index in [4.69, 9.17) is 46.4 Å². The molecular weight excluding hydrogens is 588 g/mol. The molecule has 1 amide bonds. The predicted octanol–water partition coefficient (Wildman–Crippen LogP) is 7.05. The van der Waals surface area contributed by atoms with Crippen molar-refractivity contribution in [3.63, 3.8) is 0 Å². The molecule has 2 aliphatic rings. The van der Waals surface area contributed by atoms with Crippen molar-refractivity contribution < 1.29 is 6.22 Å². The van der Waals surface area contributed by atoms with E-state index in [1.807, 2.05) is 18.2 Å². The minimum absolute atomic E-state index is 0. The van der Waals surface area contributed by atoms with E-state index in [0.29, 0.717) is 39.3 Å². The lowest BCUT2D eigenvalue weighted by Gasteiger charge is -2.47. The van der Waals surface area contributed by atoms with Crippen molar-refractivity contribution in [1.82, 2.24) is 20.1 Å². The number of nitrogens with one attached hydrogen (secondary N) is 1. The third kappa shape index (κ3) is 7.22. The molecule has 2 aromatic carbocycles. The monoisotopic (exact) mass is 621 g/mol. The number of likely N-dealkylation sites (tertiary alicyclic amines) is 1. The van der Waals surface area contributed by atoms with Crippen molar-refractivity contribution in [1.29, 1.82) is 0 Å². The van der Waals surface area contributed by atoms with Crippen molar-refractivity contribution in [2.24, 2.45) is 0 Å². The highest BCUT2D eigenvalue weighted by Crippen LogP contribution is 2.29. The van der Waals surface area contributed by atoms with Crippen LogP contribution >= 0.6 is 46.4 Å². The van der Waals surface area contributed by atoms with Crippen molar-refractivity contribution in [3.8, 4) is 0 Å². The van der Waals surface area contributed by atoms with E-state index in [1.165, 1.54) is 18.4 Å². The average molecular weight is 623 g/mol. The van der Waals surface area contributed by atoms with Crippen LogP contribution in [0.1, 0.15) is 42.7 Å². The number of hydrogen-bond donors (Lipinski definition) is 1. The lowest BCUT2D eigenvalue weighted by molar-refractivity contribution is 0.0690. The number of amides is 1. The van der Waals surface area contributed by atoms with Crippen molar-refractivity contribution in [2.75, 3.05) is 37.6 Å². The van der Waals surface area contributed by atoms with Gasteiger partial charge in [0.05, 0.1) is 20.6 Å². The number of piperidine rings is 1. The Balaban J connectivity index is 0.00000387. The maximum atomic E-state index is 12.7. The Labute approximate surface area is 257 Å². The minimum Gasteiger partial charge on any atom is -0.353 e. The predicted molar refractivity (Wildman–Crippen MR) is 167 cm³/mol. The van der Waals surface area contributed by atoms with Crippen LogP contribution in [0.4, 0.5) is 5.82 Å². The Morgan fingerprint density at radius 1 is 0.925 bits per heavy atom. The van der Waals surface area contributed by atoms with Gasteiger partial charge in [-0.05, 0) is 74.3 Å². The van der Waals surface area contributed by atoms with Crippen LogP contribution in [0.3, 0.4) is 0 Å². The summed E-state index contributed by atoms with van der Waals surface area (Å²) in [5, 5.41) is 5.09. The molecule has 0 saturated carbocycles. The van der Waals surface area contributed by atoms with Crippen LogP contribution in [0.25, 0.3) is 0 Å². The zero-order chi connectivity index (χ0) is 28.2. The number of rotatable bonds is 7. The summed E-state index contributed by atoms with van der Waals surface area (Å²) in [5.41, 5.74) is 2.59. The van der Waals surface area contributed by atoms with Gasteiger partial charge in [-0.25, -0.2) is 4.98 Å². The number of nitrogens with zero attached hydrogens (tertiary/aromatic N) is 4. The van der Waals surface area contributed by atoms with Crippen LogP contribution in [0, 0.1) is 0 Å². The molecule has 40 heavy (non-hydrogen) atoms. The normalized spacial score (nSPS) is 19.1. The first-order chi connectivity index (χ1) is 19.3. The molecule has 2 aliphatic heterocycles. The quantitative estimate of drug-likeness (QED) is 0.306. The molecule has 214 valence electrons. The summed E-state index contributed by atoms with van der Waals surface area (Å²) >= 11 is 24.7. The molecule has 1 N–H and O–H groups in total. The summed E-state index contributed by atoms with van der Waals surface area (Å²) < 4.78 is 0. The second-order valence-electron chi connectivity index (χ2n) is 10.6. The molecule has 0 aliphatic carbocycles. The summed E-state index contributed by atoms with van der Waals surface area (Å²) in [6.45, 7) is 8.45. The number of anilines is 1. The number of carbonyl (C=O) groups excluding carboxylic acids is 1. The number of aromatic nitrogens is 1. The minimum atomic E-state index is -0.243. The maximum Gasteiger partial charge on any atom is 0.253 e. The van der Waals surface area contributed by atoms with Crippen molar-refractivity contribution >= 4 is 58.1 Å². The van der Waals surface area contributed by atoms with Crippen molar-refractivity contribution in [2.45, 2.75) is 44.9 Å². The van der Waals surface area contributed by atoms with Gasteiger partial charge in [0.1, 0.15) is 5.82 Å². The second kappa shape index (κ2) is 13.3. The SMILES string of the molecule is CC1CN(c2ncc(C(=O)NCc3ccc(Cl)c(Cl)c3)cc2Cl)CCN1C1CCN(Cc2ccc(Cl)cc2)CC1.[HH]. The fraction of sp³-hybridized carbons (Fsp3) is 0.400.